The lowest BCUT2D eigenvalue weighted by molar-refractivity contribution is 0.0696. The molecule has 5 heteroatoms. The summed E-state index contributed by atoms with van der Waals surface area (Å²) in [6, 6.07) is 4.81. The molecule has 72 valence electrons. The Morgan fingerprint density at radius 1 is 1.57 bits per heavy atom. The third-order valence-electron chi connectivity index (χ3n) is 1.66. The highest BCUT2D eigenvalue weighted by Gasteiger charge is 2.11. The number of carbonyl (C=O) groups is 1. The molecule has 0 aliphatic rings. The minimum absolute atomic E-state index is 0.124. The van der Waals surface area contributed by atoms with E-state index in [2.05, 4.69) is 31.9 Å². The molecule has 1 aromatic rings. The Labute approximate surface area is 97.6 Å². The van der Waals surface area contributed by atoms with Gasteiger partial charge >= 0.3 is 5.97 Å². The van der Waals surface area contributed by atoms with E-state index in [1.54, 1.807) is 0 Å². The summed E-state index contributed by atoms with van der Waals surface area (Å²) in [6.45, 7) is 0. The van der Waals surface area contributed by atoms with Crippen LogP contribution in [0.25, 0.3) is 0 Å². The van der Waals surface area contributed by atoms with Crippen molar-refractivity contribution in [3.63, 3.8) is 0 Å². The lowest BCUT2D eigenvalue weighted by Crippen LogP contribution is -1.99. The van der Waals surface area contributed by atoms with Crippen LogP contribution in [0.2, 0.25) is 0 Å². The summed E-state index contributed by atoms with van der Waals surface area (Å²) >= 11 is 6.46. The first-order valence-electron chi connectivity index (χ1n) is 3.62. The van der Waals surface area contributed by atoms with Crippen LogP contribution in [-0.2, 0) is 5.33 Å². The third kappa shape index (κ3) is 2.14. The van der Waals surface area contributed by atoms with Crippen molar-refractivity contribution in [2.45, 2.75) is 5.33 Å². The Morgan fingerprint density at radius 2 is 2.21 bits per heavy atom. The first-order chi connectivity index (χ1) is 6.60. The molecule has 0 saturated carbocycles. The molecule has 0 aliphatic carbocycles. The van der Waals surface area contributed by atoms with Crippen LogP contribution in [0.1, 0.15) is 21.5 Å². The van der Waals surface area contributed by atoms with Gasteiger partial charge in [0, 0.05) is 9.80 Å². The maximum Gasteiger partial charge on any atom is 0.335 e. The summed E-state index contributed by atoms with van der Waals surface area (Å²) < 4.78 is 0.641. The van der Waals surface area contributed by atoms with Crippen LogP contribution in [0.3, 0.4) is 0 Å². The second-order valence-corrected chi connectivity index (χ2v) is 3.90. The molecule has 0 aromatic heterocycles. The predicted molar refractivity (Wildman–Crippen MR) is 58.4 cm³/mol. The first kappa shape index (κ1) is 11.2. The van der Waals surface area contributed by atoms with Crippen molar-refractivity contribution in [3.05, 3.63) is 33.3 Å². The first-order valence-corrected chi connectivity index (χ1v) is 5.53. The van der Waals surface area contributed by atoms with Gasteiger partial charge in [0.2, 0.25) is 0 Å². The van der Waals surface area contributed by atoms with E-state index in [4.69, 9.17) is 10.4 Å². The number of rotatable bonds is 2. The highest BCUT2D eigenvalue weighted by molar-refractivity contribution is 9.10. The molecular formula is C9H5Br2NO2. The Morgan fingerprint density at radius 3 is 2.64 bits per heavy atom. The summed E-state index contributed by atoms with van der Waals surface area (Å²) in [5.41, 5.74) is 1.21. The second kappa shape index (κ2) is 4.58. The smallest absolute Gasteiger partial charge is 0.335 e. The quantitative estimate of drug-likeness (QED) is 0.853. The molecule has 0 amide bonds. The van der Waals surface area contributed by atoms with Crippen molar-refractivity contribution in [3.8, 4) is 6.07 Å². The van der Waals surface area contributed by atoms with Gasteiger partial charge in [-0.15, -0.1) is 0 Å². The zero-order valence-electron chi connectivity index (χ0n) is 6.92. The molecule has 1 rings (SSSR count). The Hall–Kier alpha value is -0.860. The number of alkyl halides is 1. The molecular weight excluding hydrogens is 314 g/mol. The molecule has 1 N–H and O–H groups in total. The number of nitrogens with zero attached hydrogens (tertiary/aromatic N) is 1. The summed E-state index contributed by atoms with van der Waals surface area (Å²) in [6.07, 6.45) is 0. The van der Waals surface area contributed by atoms with Gasteiger partial charge in [-0.2, -0.15) is 5.26 Å². The molecule has 0 atom stereocenters. The minimum Gasteiger partial charge on any atom is -0.478 e. The number of hydrogen-bond acceptors (Lipinski definition) is 2. The van der Waals surface area contributed by atoms with Crippen molar-refractivity contribution in [2.24, 2.45) is 0 Å². The predicted octanol–water partition coefficient (Wildman–Crippen LogP) is 2.91. The fraction of sp³-hybridized carbons (Fsp3) is 0.111. The number of carboxylic acid groups (broad SMARTS) is 1. The van der Waals surface area contributed by atoms with Gasteiger partial charge in [-0.25, -0.2) is 4.79 Å². The SMILES string of the molecule is N#Cc1cc(C(=O)O)cc(CBr)c1Br. The molecule has 0 bridgehead atoms. The number of aromatic carboxylic acids is 1. The van der Waals surface area contributed by atoms with Crippen LogP contribution < -0.4 is 0 Å². The fourth-order valence-corrected chi connectivity index (χ4v) is 2.26. The molecule has 0 saturated heterocycles. The third-order valence-corrected chi connectivity index (χ3v) is 3.20. The Balaban J connectivity index is 3.41. The monoisotopic (exact) mass is 317 g/mol. The van der Waals surface area contributed by atoms with Gasteiger partial charge in [-0.1, -0.05) is 15.9 Å². The van der Waals surface area contributed by atoms with E-state index in [1.807, 2.05) is 6.07 Å². The summed E-state index contributed by atoms with van der Waals surface area (Å²) in [5.74, 6) is -1.03. The Bertz CT molecular complexity index is 424. The van der Waals surface area contributed by atoms with Gasteiger partial charge in [-0.05, 0) is 33.6 Å². The van der Waals surface area contributed by atoms with E-state index in [-0.39, 0.29) is 5.56 Å². The summed E-state index contributed by atoms with van der Waals surface area (Å²) in [7, 11) is 0. The van der Waals surface area contributed by atoms with Crippen LogP contribution in [0.4, 0.5) is 0 Å². The molecule has 0 heterocycles. The molecule has 0 spiro atoms. The number of hydrogen-bond donors (Lipinski definition) is 1. The molecule has 14 heavy (non-hydrogen) atoms. The van der Waals surface area contributed by atoms with E-state index in [1.165, 1.54) is 12.1 Å². The van der Waals surface area contributed by atoms with Gasteiger partial charge < -0.3 is 5.11 Å². The normalized spacial score (nSPS) is 9.50. The largest absolute Gasteiger partial charge is 0.478 e. The summed E-state index contributed by atoms with van der Waals surface area (Å²) in [5, 5.41) is 18.0. The second-order valence-electron chi connectivity index (χ2n) is 2.55. The average Bonchev–Trinajstić information content (AvgIpc) is 2.17. The molecule has 0 radical (unpaired) electrons. The molecule has 0 aliphatic heterocycles. The van der Waals surface area contributed by atoms with Gasteiger partial charge in [-0.3, -0.25) is 0 Å². The van der Waals surface area contributed by atoms with Gasteiger partial charge in [0.25, 0.3) is 0 Å². The van der Waals surface area contributed by atoms with Gasteiger partial charge in [0.05, 0.1) is 11.1 Å². The molecule has 3 nitrogen and oxygen atoms in total. The van der Waals surface area contributed by atoms with E-state index < -0.39 is 5.97 Å². The highest BCUT2D eigenvalue weighted by Crippen LogP contribution is 2.25. The van der Waals surface area contributed by atoms with Crippen LogP contribution in [0.15, 0.2) is 16.6 Å². The van der Waals surface area contributed by atoms with Crippen LogP contribution in [0, 0.1) is 11.3 Å². The van der Waals surface area contributed by atoms with Crippen molar-refractivity contribution in [2.75, 3.05) is 0 Å². The lowest BCUT2D eigenvalue weighted by Gasteiger charge is -2.04. The average molecular weight is 319 g/mol. The van der Waals surface area contributed by atoms with Gasteiger partial charge in [0.1, 0.15) is 6.07 Å². The van der Waals surface area contributed by atoms with Crippen molar-refractivity contribution < 1.29 is 9.90 Å². The lowest BCUT2D eigenvalue weighted by atomic mass is 10.1. The molecule has 1 aromatic carbocycles. The standard InChI is InChI=1S/C9H5Br2NO2/c10-3-6-1-5(9(13)14)2-7(4-12)8(6)11/h1-2H,3H2,(H,13,14). The van der Waals surface area contributed by atoms with Crippen molar-refractivity contribution >= 4 is 37.8 Å². The zero-order valence-corrected chi connectivity index (χ0v) is 10.1. The number of nitriles is 1. The van der Waals surface area contributed by atoms with E-state index >= 15 is 0 Å². The van der Waals surface area contributed by atoms with Crippen molar-refractivity contribution in [1.82, 2.24) is 0 Å². The van der Waals surface area contributed by atoms with Gasteiger partial charge in [0.15, 0.2) is 0 Å². The van der Waals surface area contributed by atoms with E-state index in [9.17, 15) is 4.79 Å². The Kier molecular flexibility index (Phi) is 3.67. The van der Waals surface area contributed by atoms with Crippen molar-refractivity contribution in [1.29, 1.82) is 5.26 Å². The van der Waals surface area contributed by atoms with Crippen LogP contribution >= 0.6 is 31.9 Å². The van der Waals surface area contributed by atoms with E-state index in [0.717, 1.165) is 5.56 Å². The molecule has 0 unspecified atom stereocenters. The van der Waals surface area contributed by atoms with E-state index in [0.29, 0.717) is 15.4 Å². The zero-order chi connectivity index (χ0) is 10.7. The minimum atomic E-state index is -1.03. The van der Waals surface area contributed by atoms with Crippen LogP contribution in [-0.4, -0.2) is 11.1 Å². The maximum absolute atomic E-state index is 10.7. The topological polar surface area (TPSA) is 61.1 Å². The fourth-order valence-electron chi connectivity index (χ4n) is 0.987. The number of carboxylic acids is 1. The highest BCUT2D eigenvalue weighted by atomic mass is 79.9. The number of halogens is 2. The molecule has 0 fully saturated rings. The van der Waals surface area contributed by atoms with Crippen LogP contribution in [0.5, 0.6) is 0 Å². The summed E-state index contributed by atoms with van der Waals surface area (Å²) in [4.78, 5) is 10.7. The number of benzene rings is 1. The maximum atomic E-state index is 10.7.